The highest BCUT2D eigenvalue weighted by molar-refractivity contribution is 6.05. The van der Waals surface area contributed by atoms with E-state index in [4.69, 9.17) is 0 Å². The first-order valence-electron chi connectivity index (χ1n) is 5.50. The fourth-order valence-electron chi connectivity index (χ4n) is 1.75. The van der Waals surface area contributed by atoms with Gasteiger partial charge in [-0.05, 0) is 43.7 Å². The van der Waals surface area contributed by atoms with Gasteiger partial charge in [-0.3, -0.25) is 9.78 Å². The molecule has 0 saturated carbocycles. The van der Waals surface area contributed by atoms with Gasteiger partial charge in [0.05, 0.1) is 11.2 Å². The van der Waals surface area contributed by atoms with E-state index in [1.165, 1.54) is 6.08 Å². The molecule has 1 aromatic carbocycles. The van der Waals surface area contributed by atoms with Crippen LogP contribution in [0.3, 0.4) is 0 Å². The maximum atomic E-state index is 11.5. The molecule has 2 rings (SSSR count). The van der Waals surface area contributed by atoms with Crippen LogP contribution in [0.5, 0.6) is 0 Å². The van der Waals surface area contributed by atoms with E-state index in [0.29, 0.717) is 0 Å². The Labute approximate surface area is 100 Å². The quantitative estimate of drug-likeness (QED) is 0.800. The van der Waals surface area contributed by atoms with Crippen molar-refractivity contribution in [3.05, 3.63) is 48.2 Å². The first-order chi connectivity index (χ1) is 8.22. The summed E-state index contributed by atoms with van der Waals surface area (Å²) in [4.78, 5) is 15.8. The third kappa shape index (κ3) is 2.33. The van der Waals surface area contributed by atoms with Crippen molar-refractivity contribution in [3.8, 4) is 0 Å². The number of fused-ring (bicyclic) bond motifs is 1. The number of aryl methyl sites for hydroxylation is 1. The molecule has 0 radical (unpaired) electrons. The average Bonchev–Trinajstić information content (AvgIpc) is 2.34. The van der Waals surface area contributed by atoms with Crippen LogP contribution in [0.1, 0.15) is 12.5 Å². The van der Waals surface area contributed by atoms with Gasteiger partial charge >= 0.3 is 0 Å². The van der Waals surface area contributed by atoms with Gasteiger partial charge in [-0.1, -0.05) is 12.1 Å². The van der Waals surface area contributed by atoms with Crippen LogP contribution >= 0.6 is 0 Å². The van der Waals surface area contributed by atoms with Crippen LogP contribution in [0.2, 0.25) is 0 Å². The molecule has 86 valence electrons. The van der Waals surface area contributed by atoms with Gasteiger partial charge < -0.3 is 5.32 Å². The predicted molar refractivity (Wildman–Crippen MR) is 69.9 cm³/mol. The van der Waals surface area contributed by atoms with E-state index in [1.807, 2.05) is 38.1 Å². The molecule has 0 aliphatic heterocycles. The number of amides is 1. The number of anilines is 1. The smallest absolute Gasteiger partial charge is 0.248 e. The van der Waals surface area contributed by atoms with Gasteiger partial charge in [0.2, 0.25) is 5.91 Å². The molecule has 0 bridgehead atoms. The highest BCUT2D eigenvalue weighted by atomic mass is 16.1. The molecule has 1 amide bonds. The van der Waals surface area contributed by atoms with Gasteiger partial charge in [0.15, 0.2) is 0 Å². The SMILES string of the molecule is CC=CC(=O)Nc1ccc(C)c2ncccc12. The molecule has 17 heavy (non-hydrogen) atoms. The summed E-state index contributed by atoms with van der Waals surface area (Å²) in [5.41, 5.74) is 2.82. The molecule has 1 aromatic heterocycles. The third-order valence-corrected chi connectivity index (χ3v) is 2.55. The Morgan fingerprint density at radius 1 is 1.35 bits per heavy atom. The monoisotopic (exact) mass is 226 g/mol. The molecular weight excluding hydrogens is 212 g/mol. The Morgan fingerprint density at radius 3 is 2.94 bits per heavy atom. The van der Waals surface area contributed by atoms with Crippen LogP contribution < -0.4 is 5.32 Å². The molecule has 0 unspecified atom stereocenters. The normalized spacial score (nSPS) is 10.9. The van der Waals surface area contributed by atoms with Crippen molar-refractivity contribution in [2.75, 3.05) is 5.32 Å². The Hall–Kier alpha value is -2.16. The molecule has 2 aromatic rings. The Bertz CT molecular complexity index is 588. The van der Waals surface area contributed by atoms with Crippen molar-refractivity contribution < 1.29 is 4.79 Å². The number of hydrogen-bond acceptors (Lipinski definition) is 2. The van der Waals surface area contributed by atoms with Crippen molar-refractivity contribution in [2.24, 2.45) is 0 Å². The molecular formula is C14H14N2O. The zero-order chi connectivity index (χ0) is 12.3. The van der Waals surface area contributed by atoms with E-state index >= 15 is 0 Å². The summed E-state index contributed by atoms with van der Waals surface area (Å²) in [6.45, 7) is 3.82. The summed E-state index contributed by atoms with van der Waals surface area (Å²) in [6.07, 6.45) is 4.97. The van der Waals surface area contributed by atoms with E-state index in [9.17, 15) is 4.79 Å². The summed E-state index contributed by atoms with van der Waals surface area (Å²) < 4.78 is 0. The number of pyridine rings is 1. The van der Waals surface area contributed by atoms with E-state index in [-0.39, 0.29) is 5.91 Å². The van der Waals surface area contributed by atoms with Crippen molar-refractivity contribution in [1.29, 1.82) is 0 Å². The molecule has 0 spiro atoms. The van der Waals surface area contributed by atoms with Crippen molar-refractivity contribution in [1.82, 2.24) is 4.98 Å². The molecule has 3 heteroatoms. The molecule has 3 nitrogen and oxygen atoms in total. The largest absolute Gasteiger partial charge is 0.322 e. The molecule has 0 fully saturated rings. The van der Waals surface area contributed by atoms with Crippen molar-refractivity contribution >= 4 is 22.5 Å². The number of carbonyl (C=O) groups is 1. The number of allylic oxidation sites excluding steroid dienone is 1. The minimum atomic E-state index is -0.124. The Kier molecular flexibility index (Phi) is 3.19. The zero-order valence-electron chi connectivity index (χ0n) is 9.90. The van der Waals surface area contributed by atoms with Crippen LogP contribution in [0.25, 0.3) is 10.9 Å². The summed E-state index contributed by atoms with van der Waals surface area (Å²) in [5, 5.41) is 3.81. The van der Waals surface area contributed by atoms with Gasteiger partial charge in [-0.15, -0.1) is 0 Å². The molecule has 1 N–H and O–H groups in total. The van der Waals surface area contributed by atoms with Gasteiger partial charge in [0.25, 0.3) is 0 Å². The van der Waals surface area contributed by atoms with E-state index < -0.39 is 0 Å². The Morgan fingerprint density at radius 2 is 2.18 bits per heavy atom. The third-order valence-electron chi connectivity index (χ3n) is 2.55. The summed E-state index contributed by atoms with van der Waals surface area (Å²) in [7, 11) is 0. The van der Waals surface area contributed by atoms with Crippen LogP contribution in [0.4, 0.5) is 5.69 Å². The minimum absolute atomic E-state index is 0.124. The van der Waals surface area contributed by atoms with Gasteiger partial charge in [0, 0.05) is 11.6 Å². The standard InChI is InChI=1S/C14H14N2O/c1-3-5-13(17)16-12-8-7-10(2)14-11(12)6-4-9-15-14/h3-9H,1-2H3,(H,16,17). The van der Waals surface area contributed by atoms with E-state index in [0.717, 1.165) is 22.2 Å². The maximum absolute atomic E-state index is 11.5. The molecule has 0 saturated heterocycles. The maximum Gasteiger partial charge on any atom is 0.248 e. The Balaban J connectivity index is 2.48. The number of hydrogen-bond donors (Lipinski definition) is 1. The number of nitrogens with one attached hydrogen (secondary N) is 1. The lowest BCUT2D eigenvalue weighted by Crippen LogP contribution is -2.08. The van der Waals surface area contributed by atoms with Crippen LogP contribution in [0.15, 0.2) is 42.6 Å². The number of aromatic nitrogens is 1. The molecule has 0 aliphatic rings. The summed E-state index contributed by atoms with van der Waals surface area (Å²) >= 11 is 0. The average molecular weight is 226 g/mol. The number of carbonyl (C=O) groups excluding carboxylic acids is 1. The minimum Gasteiger partial charge on any atom is -0.322 e. The topological polar surface area (TPSA) is 42.0 Å². The van der Waals surface area contributed by atoms with E-state index in [1.54, 1.807) is 12.3 Å². The first-order valence-corrected chi connectivity index (χ1v) is 5.50. The second kappa shape index (κ2) is 4.78. The van der Waals surface area contributed by atoms with Crippen LogP contribution in [-0.2, 0) is 4.79 Å². The van der Waals surface area contributed by atoms with Crippen LogP contribution in [-0.4, -0.2) is 10.9 Å². The first kappa shape index (κ1) is 11.3. The van der Waals surface area contributed by atoms with Gasteiger partial charge in [0.1, 0.15) is 0 Å². The molecule has 1 heterocycles. The predicted octanol–water partition coefficient (Wildman–Crippen LogP) is 3.06. The van der Waals surface area contributed by atoms with Gasteiger partial charge in [-0.25, -0.2) is 0 Å². The van der Waals surface area contributed by atoms with Crippen molar-refractivity contribution in [2.45, 2.75) is 13.8 Å². The fraction of sp³-hybridized carbons (Fsp3) is 0.143. The molecule has 0 atom stereocenters. The fourth-order valence-corrected chi connectivity index (χ4v) is 1.75. The zero-order valence-corrected chi connectivity index (χ0v) is 9.90. The lowest BCUT2D eigenvalue weighted by molar-refractivity contribution is -0.111. The van der Waals surface area contributed by atoms with Crippen LogP contribution in [0, 0.1) is 6.92 Å². The second-order valence-electron chi connectivity index (χ2n) is 3.82. The summed E-state index contributed by atoms with van der Waals surface area (Å²) in [6, 6.07) is 7.69. The van der Waals surface area contributed by atoms with E-state index in [2.05, 4.69) is 10.3 Å². The second-order valence-corrected chi connectivity index (χ2v) is 3.82. The van der Waals surface area contributed by atoms with Gasteiger partial charge in [-0.2, -0.15) is 0 Å². The lowest BCUT2D eigenvalue weighted by Gasteiger charge is -2.08. The number of rotatable bonds is 2. The lowest BCUT2D eigenvalue weighted by atomic mass is 10.1. The number of nitrogens with zero attached hydrogens (tertiary/aromatic N) is 1. The number of benzene rings is 1. The highest BCUT2D eigenvalue weighted by Gasteiger charge is 2.05. The highest BCUT2D eigenvalue weighted by Crippen LogP contribution is 2.24. The van der Waals surface area contributed by atoms with Crippen molar-refractivity contribution in [3.63, 3.8) is 0 Å². The molecule has 0 aliphatic carbocycles. The summed E-state index contributed by atoms with van der Waals surface area (Å²) in [5.74, 6) is -0.124.